The van der Waals surface area contributed by atoms with Crippen molar-refractivity contribution in [3.63, 3.8) is 0 Å². The van der Waals surface area contributed by atoms with E-state index in [4.69, 9.17) is 0 Å². The molecule has 3 rings (SSSR count). The second-order valence-corrected chi connectivity index (χ2v) is 10.7. The SMILES string of the molecule is CCCCCCCCCC1CCC2C(CCC3CC(Br)CCC32)C1. The smallest absolute Gasteiger partial charge is 0.0148 e. The van der Waals surface area contributed by atoms with Gasteiger partial charge in [-0.2, -0.15) is 0 Å². The summed E-state index contributed by atoms with van der Waals surface area (Å²) in [6, 6.07) is 0. The Bertz CT molecular complexity index is 352. The Morgan fingerprint density at radius 3 is 2.04 bits per heavy atom. The van der Waals surface area contributed by atoms with Crippen LogP contribution in [0, 0.1) is 29.6 Å². The minimum absolute atomic E-state index is 0.837. The maximum absolute atomic E-state index is 3.90. The highest BCUT2D eigenvalue weighted by Gasteiger charge is 2.43. The van der Waals surface area contributed by atoms with Gasteiger partial charge < -0.3 is 0 Å². The molecule has 0 aromatic rings. The van der Waals surface area contributed by atoms with Crippen molar-refractivity contribution in [1.82, 2.24) is 0 Å². The first-order chi connectivity index (χ1) is 11.8. The standard InChI is InChI=1S/C23H41Br/c1-2-3-4-5-6-7-8-9-18-10-14-22-19(16-18)11-12-20-17-21(24)13-15-23(20)22/h18-23H,2-17H2,1H3. The molecular formula is C23H41Br. The van der Waals surface area contributed by atoms with E-state index in [1.54, 1.807) is 38.5 Å². The van der Waals surface area contributed by atoms with Gasteiger partial charge in [-0.15, -0.1) is 0 Å². The third kappa shape index (κ3) is 5.24. The van der Waals surface area contributed by atoms with Crippen LogP contribution in [0.1, 0.15) is 110 Å². The first-order valence-corrected chi connectivity index (χ1v) is 12.3. The van der Waals surface area contributed by atoms with Gasteiger partial charge in [0.25, 0.3) is 0 Å². The first kappa shape index (κ1) is 19.2. The summed E-state index contributed by atoms with van der Waals surface area (Å²) in [5.41, 5.74) is 0. The maximum atomic E-state index is 3.90. The summed E-state index contributed by atoms with van der Waals surface area (Å²) >= 11 is 3.90. The minimum atomic E-state index is 0.837. The van der Waals surface area contributed by atoms with Crippen LogP contribution in [0.5, 0.6) is 0 Å². The van der Waals surface area contributed by atoms with Crippen LogP contribution in [0.3, 0.4) is 0 Å². The van der Waals surface area contributed by atoms with E-state index in [1.807, 2.05) is 0 Å². The molecule has 0 saturated heterocycles. The maximum Gasteiger partial charge on any atom is 0.0148 e. The van der Waals surface area contributed by atoms with Gasteiger partial charge in [-0.05, 0) is 74.5 Å². The highest BCUT2D eigenvalue weighted by atomic mass is 79.9. The number of fused-ring (bicyclic) bond motifs is 3. The van der Waals surface area contributed by atoms with Gasteiger partial charge in [0.2, 0.25) is 0 Å². The van der Waals surface area contributed by atoms with Crippen LogP contribution in [0.2, 0.25) is 0 Å². The van der Waals surface area contributed by atoms with Crippen LogP contribution in [0.15, 0.2) is 0 Å². The van der Waals surface area contributed by atoms with Crippen LogP contribution in [-0.4, -0.2) is 4.83 Å². The van der Waals surface area contributed by atoms with Gasteiger partial charge in [-0.3, -0.25) is 0 Å². The van der Waals surface area contributed by atoms with Crippen LogP contribution >= 0.6 is 15.9 Å². The van der Waals surface area contributed by atoms with Gasteiger partial charge >= 0.3 is 0 Å². The monoisotopic (exact) mass is 396 g/mol. The van der Waals surface area contributed by atoms with Crippen molar-refractivity contribution in [2.45, 2.75) is 114 Å². The molecule has 0 N–H and O–H groups in total. The summed E-state index contributed by atoms with van der Waals surface area (Å²) in [6.07, 6.45) is 24.2. The Balaban J connectivity index is 1.34. The highest BCUT2D eigenvalue weighted by Crippen LogP contribution is 2.53. The van der Waals surface area contributed by atoms with Crippen molar-refractivity contribution < 1.29 is 0 Å². The van der Waals surface area contributed by atoms with Gasteiger partial charge in [0.15, 0.2) is 0 Å². The summed E-state index contributed by atoms with van der Waals surface area (Å²) < 4.78 is 0. The summed E-state index contributed by atoms with van der Waals surface area (Å²) in [7, 11) is 0. The molecule has 3 aliphatic carbocycles. The molecule has 0 nitrogen and oxygen atoms in total. The normalized spacial score (nSPS) is 39.2. The van der Waals surface area contributed by atoms with E-state index in [2.05, 4.69) is 22.9 Å². The zero-order valence-electron chi connectivity index (χ0n) is 16.2. The molecule has 140 valence electrons. The van der Waals surface area contributed by atoms with Gasteiger partial charge in [-0.1, -0.05) is 80.6 Å². The van der Waals surface area contributed by atoms with Gasteiger partial charge in [0.1, 0.15) is 0 Å². The molecule has 0 amide bonds. The minimum Gasteiger partial charge on any atom is -0.0891 e. The summed E-state index contributed by atoms with van der Waals surface area (Å²) in [4.78, 5) is 0.837. The van der Waals surface area contributed by atoms with Crippen molar-refractivity contribution in [1.29, 1.82) is 0 Å². The Hall–Kier alpha value is 0.480. The number of hydrogen-bond donors (Lipinski definition) is 0. The third-order valence-corrected chi connectivity index (χ3v) is 8.63. The summed E-state index contributed by atoms with van der Waals surface area (Å²) in [5, 5.41) is 0. The van der Waals surface area contributed by atoms with E-state index in [-0.39, 0.29) is 0 Å². The van der Waals surface area contributed by atoms with Gasteiger partial charge in [0, 0.05) is 4.83 Å². The van der Waals surface area contributed by atoms with E-state index in [1.165, 1.54) is 64.2 Å². The van der Waals surface area contributed by atoms with Gasteiger partial charge in [0.05, 0.1) is 0 Å². The Morgan fingerprint density at radius 1 is 0.667 bits per heavy atom. The van der Waals surface area contributed by atoms with E-state index in [0.29, 0.717) is 0 Å². The number of unbranched alkanes of at least 4 members (excludes halogenated alkanes) is 6. The molecular weight excluding hydrogens is 356 g/mol. The lowest BCUT2D eigenvalue weighted by atomic mass is 9.56. The van der Waals surface area contributed by atoms with Crippen molar-refractivity contribution in [2.24, 2.45) is 29.6 Å². The summed E-state index contributed by atoms with van der Waals surface area (Å²) in [6.45, 7) is 2.31. The van der Waals surface area contributed by atoms with Crippen LogP contribution in [0.4, 0.5) is 0 Å². The largest absolute Gasteiger partial charge is 0.0891 e. The molecule has 3 aliphatic rings. The predicted octanol–water partition coefficient (Wildman–Crippen LogP) is 8.13. The lowest BCUT2D eigenvalue weighted by molar-refractivity contribution is 0.0119. The average Bonchev–Trinajstić information content (AvgIpc) is 2.60. The van der Waals surface area contributed by atoms with Gasteiger partial charge in [-0.25, -0.2) is 0 Å². The number of rotatable bonds is 8. The lowest BCUT2D eigenvalue weighted by Crippen LogP contribution is -2.41. The predicted molar refractivity (Wildman–Crippen MR) is 110 cm³/mol. The molecule has 0 radical (unpaired) electrons. The molecule has 3 fully saturated rings. The summed E-state index contributed by atoms with van der Waals surface area (Å²) in [5.74, 6) is 5.50. The Morgan fingerprint density at radius 2 is 1.29 bits per heavy atom. The number of hydrogen-bond acceptors (Lipinski definition) is 0. The van der Waals surface area contributed by atoms with Crippen molar-refractivity contribution >= 4 is 15.9 Å². The second-order valence-electron chi connectivity index (χ2n) is 9.42. The highest BCUT2D eigenvalue weighted by molar-refractivity contribution is 9.09. The quantitative estimate of drug-likeness (QED) is 0.286. The van der Waals surface area contributed by atoms with Crippen molar-refractivity contribution in [2.75, 3.05) is 0 Å². The zero-order chi connectivity index (χ0) is 16.8. The number of halogens is 1. The molecule has 0 aliphatic heterocycles. The molecule has 6 unspecified atom stereocenters. The van der Waals surface area contributed by atoms with Crippen molar-refractivity contribution in [3.05, 3.63) is 0 Å². The fourth-order valence-corrected chi connectivity index (χ4v) is 7.23. The van der Waals surface area contributed by atoms with E-state index in [9.17, 15) is 0 Å². The molecule has 0 aromatic heterocycles. The van der Waals surface area contributed by atoms with E-state index >= 15 is 0 Å². The van der Waals surface area contributed by atoms with Crippen molar-refractivity contribution in [3.8, 4) is 0 Å². The zero-order valence-corrected chi connectivity index (χ0v) is 17.7. The Kier molecular flexibility index (Phi) is 8.00. The van der Waals surface area contributed by atoms with Crippen LogP contribution in [-0.2, 0) is 0 Å². The van der Waals surface area contributed by atoms with E-state index < -0.39 is 0 Å². The fraction of sp³-hybridized carbons (Fsp3) is 1.00. The average molecular weight is 397 g/mol. The molecule has 0 heterocycles. The second kappa shape index (κ2) is 9.98. The molecule has 0 aromatic carbocycles. The molecule has 3 saturated carbocycles. The molecule has 0 bridgehead atoms. The van der Waals surface area contributed by atoms with Crippen LogP contribution in [0.25, 0.3) is 0 Å². The topological polar surface area (TPSA) is 0 Å². The molecule has 6 atom stereocenters. The molecule has 0 spiro atoms. The third-order valence-electron chi connectivity index (χ3n) is 7.80. The van der Waals surface area contributed by atoms with E-state index in [0.717, 1.165) is 34.4 Å². The number of alkyl halides is 1. The van der Waals surface area contributed by atoms with Crippen LogP contribution < -0.4 is 0 Å². The molecule has 1 heteroatoms. The fourth-order valence-electron chi connectivity index (χ4n) is 6.49. The first-order valence-electron chi connectivity index (χ1n) is 11.4. The lowest BCUT2D eigenvalue weighted by Gasteiger charge is -2.50. The Labute approximate surface area is 160 Å². The molecule has 24 heavy (non-hydrogen) atoms.